The van der Waals surface area contributed by atoms with Crippen LogP contribution < -0.4 is 5.73 Å². The van der Waals surface area contributed by atoms with E-state index in [4.69, 9.17) is 24.3 Å². The molecule has 0 spiro atoms. The highest BCUT2D eigenvalue weighted by molar-refractivity contribution is 7.47. The lowest BCUT2D eigenvalue weighted by atomic mass is 10.0. The Morgan fingerprint density at radius 3 is 1.04 bits per heavy atom. The first-order chi connectivity index (χ1) is 38.8. The van der Waals surface area contributed by atoms with Crippen LogP contribution in [0.25, 0.3) is 0 Å². The number of rotatable bonds is 62. The average molecular weight is 1130 g/mol. The van der Waals surface area contributed by atoms with Crippen molar-refractivity contribution in [1.82, 2.24) is 0 Å². The number of carbonyl (C=O) groups is 2. The molecule has 79 heavy (non-hydrogen) atoms. The van der Waals surface area contributed by atoms with Crippen LogP contribution >= 0.6 is 7.82 Å². The van der Waals surface area contributed by atoms with Gasteiger partial charge in [-0.1, -0.05) is 311 Å². The zero-order valence-electron chi connectivity index (χ0n) is 51.3. The second-order valence-corrected chi connectivity index (χ2v) is 23.4. The maximum atomic E-state index is 12.7. The number of nitrogens with two attached hydrogens (primary N) is 1. The topological polar surface area (TPSA) is 134 Å². The minimum atomic E-state index is -4.41. The minimum Gasteiger partial charge on any atom is -0.462 e. The maximum Gasteiger partial charge on any atom is 0.472 e. The fourth-order valence-electron chi connectivity index (χ4n) is 9.44. The van der Waals surface area contributed by atoms with E-state index in [-0.39, 0.29) is 38.6 Å². The van der Waals surface area contributed by atoms with E-state index in [1.807, 2.05) is 0 Å². The molecule has 0 radical (unpaired) electrons. The Morgan fingerprint density at radius 2 is 0.696 bits per heavy atom. The summed E-state index contributed by atoms with van der Waals surface area (Å²) in [6, 6.07) is 0. The largest absolute Gasteiger partial charge is 0.472 e. The van der Waals surface area contributed by atoms with E-state index in [0.717, 1.165) is 83.5 Å². The Hall–Kier alpha value is -2.81. The van der Waals surface area contributed by atoms with Crippen molar-refractivity contribution in [1.29, 1.82) is 0 Å². The van der Waals surface area contributed by atoms with Crippen molar-refractivity contribution in [3.05, 3.63) is 85.1 Å². The smallest absolute Gasteiger partial charge is 0.462 e. The van der Waals surface area contributed by atoms with E-state index >= 15 is 0 Å². The zero-order valence-corrected chi connectivity index (χ0v) is 52.2. The van der Waals surface area contributed by atoms with Crippen LogP contribution in [0.3, 0.4) is 0 Å². The van der Waals surface area contributed by atoms with Crippen LogP contribution in [0.2, 0.25) is 0 Å². The van der Waals surface area contributed by atoms with Crippen LogP contribution in [0.4, 0.5) is 0 Å². The summed E-state index contributed by atoms with van der Waals surface area (Å²) >= 11 is 0. The monoisotopic (exact) mass is 1130 g/mol. The molecule has 2 atom stereocenters. The summed E-state index contributed by atoms with van der Waals surface area (Å²) in [5.41, 5.74) is 5.39. The van der Waals surface area contributed by atoms with E-state index < -0.39 is 26.5 Å². The number of allylic oxidation sites excluding steroid dienone is 14. The highest BCUT2D eigenvalue weighted by Crippen LogP contribution is 2.43. The maximum absolute atomic E-state index is 12.7. The van der Waals surface area contributed by atoms with Gasteiger partial charge in [0, 0.05) is 19.4 Å². The number of phosphoric acid groups is 1. The molecule has 0 fully saturated rings. The Labute approximate surface area is 487 Å². The van der Waals surface area contributed by atoms with Gasteiger partial charge in [-0.15, -0.1) is 0 Å². The van der Waals surface area contributed by atoms with Crippen molar-refractivity contribution in [3.63, 3.8) is 0 Å². The van der Waals surface area contributed by atoms with Crippen LogP contribution in [0, 0.1) is 0 Å². The first-order valence-corrected chi connectivity index (χ1v) is 34.6. The predicted molar refractivity (Wildman–Crippen MR) is 339 cm³/mol. The lowest BCUT2D eigenvalue weighted by Crippen LogP contribution is -2.29. The van der Waals surface area contributed by atoms with Crippen LogP contribution in [0.5, 0.6) is 0 Å². The molecule has 0 aliphatic carbocycles. The van der Waals surface area contributed by atoms with Gasteiger partial charge in [-0.25, -0.2) is 4.57 Å². The SMILES string of the molecule is CC/C=C\C/C=C\C/C=C\C/C=C\C/C=C\C/C=C\C/C=C\CCCCCC(=O)OC(COC(=O)CCCCCCCCCCCCCCCCCCCCCCCCCCCCCCCCCCC)COP(=O)(O)OCCN. The van der Waals surface area contributed by atoms with Gasteiger partial charge in [0.2, 0.25) is 0 Å². The summed E-state index contributed by atoms with van der Waals surface area (Å²) in [7, 11) is -4.41. The van der Waals surface area contributed by atoms with E-state index in [9.17, 15) is 19.0 Å². The number of hydrogen-bond donors (Lipinski definition) is 2. The van der Waals surface area contributed by atoms with Crippen LogP contribution in [-0.4, -0.2) is 49.3 Å². The second-order valence-electron chi connectivity index (χ2n) is 22.0. The molecule has 0 aliphatic heterocycles. The summed E-state index contributed by atoms with van der Waals surface area (Å²) < 4.78 is 33.1. The van der Waals surface area contributed by atoms with Crippen molar-refractivity contribution in [2.45, 2.75) is 315 Å². The Bertz CT molecular complexity index is 1570. The molecule has 2 unspecified atom stereocenters. The molecular weight excluding hydrogens is 1000 g/mol. The Morgan fingerprint density at radius 1 is 0.392 bits per heavy atom. The van der Waals surface area contributed by atoms with Gasteiger partial charge < -0.3 is 20.1 Å². The number of esters is 2. The summed E-state index contributed by atoms with van der Waals surface area (Å²) in [5, 5.41) is 0. The molecule has 0 aromatic rings. The first kappa shape index (κ1) is 76.2. The molecule has 3 N–H and O–H groups in total. The molecular formula is C69H124NO8P. The van der Waals surface area contributed by atoms with Crippen molar-refractivity contribution >= 4 is 19.8 Å². The zero-order chi connectivity index (χ0) is 57.3. The van der Waals surface area contributed by atoms with Crippen molar-refractivity contribution in [3.8, 4) is 0 Å². The summed E-state index contributed by atoms with van der Waals surface area (Å²) in [6.45, 7) is 3.63. The molecule has 9 nitrogen and oxygen atoms in total. The van der Waals surface area contributed by atoms with E-state index in [0.29, 0.717) is 6.42 Å². The fraction of sp³-hybridized carbons (Fsp3) is 0.768. The highest BCUT2D eigenvalue weighted by Gasteiger charge is 2.26. The normalized spacial score (nSPS) is 13.5. The van der Waals surface area contributed by atoms with Crippen molar-refractivity contribution < 1.29 is 37.6 Å². The van der Waals surface area contributed by atoms with Crippen LogP contribution in [-0.2, 0) is 32.7 Å². The van der Waals surface area contributed by atoms with Gasteiger partial charge in [0.25, 0.3) is 0 Å². The molecule has 0 saturated heterocycles. The number of ether oxygens (including phenoxy) is 2. The van der Waals surface area contributed by atoms with Gasteiger partial charge >= 0.3 is 19.8 Å². The Balaban J connectivity index is 3.92. The molecule has 0 amide bonds. The molecule has 0 bridgehead atoms. The van der Waals surface area contributed by atoms with Gasteiger partial charge in [-0.2, -0.15) is 0 Å². The molecule has 0 rings (SSSR count). The van der Waals surface area contributed by atoms with Gasteiger partial charge in [-0.3, -0.25) is 18.6 Å². The molecule has 0 heterocycles. The van der Waals surface area contributed by atoms with E-state index in [1.165, 1.54) is 193 Å². The molecule has 10 heteroatoms. The van der Waals surface area contributed by atoms with Gasteiger partial charge in [-0.05, 0) is 70.6 Å². The molecule has 0 aromatic heterocycles. The quantitative estimate of drug-likeness (QED) is 0.0264. The average Bonchev–Trinajstić information content (AvgIpc) is 3.44. The predicted octanol–water partition coefficient (Wildman–Crippen LogP) is 21.4. The van der Waals surface area contributed by atoms with E-state index in [2.05, 4.69) is 98.9 Å². The summed E-state index contributed by atoms with van der Waals surface area (Å²) in [4.78, 5) is 35.3. The lowest BCUT2D eigenvalue weighted by Gasteiger charge is -2.19. The fourth-order valence-corrected chi connectivity index (χ4v) is 10.2. The van der Waals surface area contributed by atoms with Crippen LogP contribution in [0.15, 0.2) is 85.1 Å². The number of hydrogen-bond acceptors (Lipinski definition) is 8. The standard InChI is InChI=1S/C69H124NO8P/c1-3-5-7-9-11-13-15-17-19-21-23-25-27-29-30-31-32-33-34-35-36-38-39-41-43-45-47-49-51-53-55-57-59-61-68(71)75-65-67(66-77-79(73,74)76-64-63-70)78-69(72)62-60-58-56-54-52-50-48-46-44-42-40-37-28-26-24-22-20-18-16-14-12-10-8-6-4-2/h6,8,12,14,18,20,24,26,37,40,44,46,50,52,67H,3-5,7,9-11,13,15-17,19,21-23,25,27-36,38-39,41-43,45,47-49,51,53-66,70H2,1-2H3,(H,73,74)/b8-6-,14-12-,20-18-,26-24-,40-37-,46-44-,52-50-. The molecule has 0 aromatic carbocycles. The van der Waals surface area contributed by atoms with Crippen LogP contribution in [0.1, 0.15) is 309 Å². The lowest BCUT2D eigenvalue weighted by molar-refractivity contribution is -0.161. The summed E-state index contributed by atoms with van der Waals surface area (Å²) in [6.07, 6.45) is 85.4. The third-order valence-electron chi connectivity index (χ3n) is 14.3. The van der Waals surface area contributed by atoms with Crippen molar-refractivity contribution in [2.24, 2.45) is 5.73 Å². The third kappa shape index (κ3) is 64.2. The Kier molecular flexibility index (Phi) is 62.1. The first-order valence-electron chi connectivity index (χ1n) is 33.1. The number of phosphoric ester groups is 1. The van der Waals surface area contributed by atoms with E-state index in [1.54, 1.807) is 0 Å². The van der Waals surface area contributed by atoms with Crippen molar-refractivity contribution in [2.75, 3.05) is 26.4 Å². The highest BCUT2D eigenvalue weighted by atomic mass is 31.2. The summed E-state index contributed by atoms with van der Waals surface area (Å²) in [5.74, 6) is -0.859. The van der Waals surface area contributed by atoms with Gasteiger partial charge in [0.05, 0.1) is 13.2 Å². The van der Waals surface area contributed by atoms with Gasteiger partial charge in [0.1, 0.15) is 6.61 Å². The molecule has 458 valence electrons. The molecule has 0 saturated carbocycles. The second kappa shape index (κ2) is 64.4. The number of unbranched alkanes of at least 4 members (excludes halogenated alkanes) is 35. The minimum absolute atomic E-state index is 0.0446. The number of carbonyl (C=O) groups excluding carboxylic acids is 2. The van der Waals surface area contributed by atoms with Gasteiger partial charge in [0.15, 0.2) is 6.10 Å². The third-order valence-corrected chi connectivity index (χ3v) is 15.3. The molecule has 0 aliphatic rings.